The number of hydrogen-bond acceptors (Lipinski definition) is 0. The average Bonchev–Trinajstić information content (AvgIpc) is 2.20. The van der Waals surface area contributed by atoms with E-state index in [9.17, 15) is 0 Å². The van der Waals surface area contributed by atoms with Crippen LogP contribution in [0.2, 0.25) is 0 Å². The maximum Gasteiger partial charge on any atom is 0.307 e. The molecule has 0 unspecified atom stereocenters. The molecule has 0 saturated heterocycles. The first-order valence-corrected chi connectivity index (χ1v) is 10.7. The van der Waals surface area contributed by atoms with Gasteiger partial charge < -0.3 is 0 Å². The second kappa shape index (κ2) is 8.83. The molecule has 0 aliphatic heterocycles. The van der Waals surface area contributed by atoms with Crippen molar-refractivity contribution in [3.63, 3.8) is 0 Å². The van der Waals surface area contributed by atoms with Gasteiger partial charge in [0.2, 0.25) is 0 Å². The van der Waals surface area contributed by atoms with E-state index in [1.165, 1.54) is 0 Å². The normalized spacial score (nSPS) is 9.57. The first-order valence-electron chi connectivity index (χ1n) is 3.61. The Labute approximate surface area is 106 Å². The monoisotopic (exact) mass is 300 g/mol. The molecule has 2 radical (unpaired) electrons. The van der Waals surface area contributed by atoms with Gasteiger partial charge in [-0.05, 0) is 5.19 Å². The van der Waals surface area contributed by atoms with Crippen LogP contribution >= 0.6 is 44.3 Å². The molecule has 0 bridgehead atoms. The van der Waals surface area contributed by atoms with Gasteiger partial charge in [-0.2, -0.15) is 0 Å². The van der Waals surface area contributed by atoms with Gasteiger partial charge in [-0.25, -0.2) is 0 Å². The highest BCUT2D eigenvalue weighted by molar-refractivity contribution is 7.39. The zero-order valence-corrected chi connectivity index (χ0v) is 12.2. The van der Waals surface area contributed by atoms with Crippen LogP contribution in [0.3, 0.4) is 0 Å². The summed E-state index contributed by atoms with van der Waals surface area (Å²) in [6.45, 7) is 3.34. The van der Waals surface area contributed by atoms with E-state index >= 15 is 0 Å². The number of benzene rings is 1. The average molecular weight is 302 g/mol. The minimum absolute atomic E-state index is 1.05. The Morgan fingerprint density at radius 2 is 1.43 bits per heavy atom. The molecular formula is C8H8Cl4Si2. The fourth-order valence-corrected chi connectivity index (χ4v) is 1.76. The van der Waals surface area contributed by atoms with Gasteiger partial charge in [0.15, 0.2) is 0 Å². The lowest BCUT2D eigenvalue weighted by atomic mass is 10.4. The van der Waals surface area contributed by atoms with Gasteiger partial charge in [0.1, 0.15) is 0 Å². The fraction of sp³-hybridized carbons (Fsp3) is 0. The Balaban J connectivity index is 0.000000292. The summed E-state index contributed by atoms with van der Waals surface area (Å²) in [5.41, 5.74) is 1.55. The summed E-state index contributed by atoms with van der Waals surface area (Å²) in [6.07, 6.45) is 0. The highest BCUT2D eigenvalue weighted by Crippen LogP contribution is 1.96. The van der Waals surface area contributed by atoms with Gasteiger partial charge in [0.25, 0.3) is 7.42 Å². The molecule has 0 aliphatic rings. The molecule has 6 heteroatoms. The summed E-state index contributed by atoms with van der Waals surface area (Å²) in [5.74, 6) is 0. The first-order chi connectivity index (χ1) is 6.57. The molecule has 0 heterocycles. The van der Waals surface area contributed by atoms with Crippen LogP contribution in [-0.4, -0.2) is 14.8 Å². The SMILES string of the molecule is C=C[Si](Cl)Cl.Cl[Si](Cl)c1ccccc1. The zero-order chi connectivity index (χ0) is 11.0. The molecular weight excluding hydrogens is 294 g/mol. The van der Waals surface area contributed by atoms with Crippen molar-refractivity contribution in [3.8, 4) is 0 Å². The molecule has 0 spiro atoms. The Kier molecular flexibility index (Phi) is 9.18. The minimum atomic E-state index is -1.27. The lowest BCUT2D eigenvalue weighted by Crippen LogP contribution is -2.16. The van der Waals surface area contributed by atoms with Crippen LogP contribution < -0.4 is 5.19 Å². The van der Waals surface area contributed by atoms with Crippen molar-refractivity contribution in [2.24, 2.45) is 0 Å². The maximum atomic E-state index is 5.67. The van der Waals surface area contributed by atoms with Crippen molar-refractivity contribution in [2.45, 2.75) is 0 Å². The lowest BCUT2D eigenvalue weighted by Gasteiger charge is -1.94. The fourth-order valence-electron chi connectivity index (χ4n) is 0.564. The summed E-state index contributed by atoms with van der Waals surface area (Å²) in [4.78, 5) is 0. The van der Waals surface area contributed by atoms with E-state index in [0.29, 0.717) is 0 Å². The summed E-state index contributed by atoms with van der Waals surface area (Å²) in [7, 11) is -2.43. The third-order valence-corrected chi connectivity index (χ3v) is 4.46. The summed E-state index contributed by atoms with van der Waals surface area (Å²) in [5, 5.41) is 1.05. The Morgan fingerprint density at radius 1 is 1.00 bits per heavy atom. The molecule has 0 fully saturated rings. The standard InChI is InChI=1S/C6H5Cl2Si.C2H3Cl2Si/c7-9(8)6-4-2-1-3-5-6;1-2-5(3)4/h1-5H;2H,1H2. The molecule has 14 heavy (non-hydrogen) atoms. The Hall–Kier alpha value is 0.554. The molecule has 1 rings (SSSR count). The second-order valence-corrected chi connectivity index (χ2v) is 10.1. The number of halogens is 4. The molecule has 1 aromatic carbocycles. The van der Waals surface area contributed by atoms with E-state index in [4.69, 9.17) is 44.3 Å². The maximum absolute atomic E-state index is 5.67. The molecule has 0 nitrogen and oxygen atoms in total. The molecule has 76 valence electrons. The first kappa shape index (κ1) is 14.6. The van der Waals surface area contributed by atoms with Crippen molar-refractivity contribution in [2.75, 3.05) is 0 Å². The lowest BCUT2D eigenvalue weighted by molar-refractivity contribution is 1.77. The van der Waals surface area contributed by atoms with Crippen LogP contribution in [0, 0.1) is 0 Å². The molecule has 0 amide bonds. The molecule has 1 aromatic rings. The van der Waals surface area contributed by atoms with Crippen LogP contribution in [0.25, 0.3) is 0 Å². The van der Waals surface area contributed by atoms with Crippen molar-refractivity contribution in [3.05, 3.63) is 42.6 Å². The van der Waals surface area contributed by atoms with E-state index < -0.39 is 14.8 Å². The van der Waals surface area contributed by atoms with Crippen LogP contribution in [-0.2, 0) is 0 Å². The van der Waals surface area contributed by atoms with Gasteiger partial charge in [0.05, 0.1) is 0 Å². The minimum Gasteiger partial charge on any atom is -0.141 e. The van der Waals surface area contributed by atoms with Crippen molar-refractivity contribution in [1.82, 2.24) is 0 Å². The predicted molar refractivity (Wildman–Crippen MR) is 71.2 cm³/mol. The zero-order valence-electron chi connectivity index (χ0n) is 7.18. The van der Waals surface area contributed by atoms with Crippen LogP contribution in [0.5, 0.6) is 0 Å². The van der Waals surface area contributed by atoms with E-state index in [2.05, 4.69) is 6.58 Å². The molecule has 0 saturated carbocycles. The van der Waals surface area contributed by atoms with E-state index in [1.54, 1.807) is 5.70 Å². The van der Waals surface area contributed by atoms with Gasteiger partial charge in [0, 0.05) is 0 Å². The molecule has 0 N–H and O–H groups in total. The third-order valence-electron chi connectivity index (χ3n) is 1.15. The Bertz CT molecular complexity index is 251. The number of rotatable bonds is 2. The van der Waals surface area contributed by atoms with Crippen LogP contribution in [0.4, 0.5) is 0 Å². The van der Waals surface area contributed by atoms with Gasteiger partial charge >= 0.3 is 7.42 Å². The highest BCUT2D eigenvalue weighted by atomic mass is 35.7. The second-order valence-electron chi connectivity index (χ2n) is 2.12. The van der Waals surface area contributed by atoms with Crippen molar-refractivity contribution in [1.29, 1.82) is 0 Å². The van der Waals surface area contributed by atoms with Gasteiger partial charge in [-0.15, -0.1) is 50.9 Å². The topological polar surface area (TPSA) is 0 Å². The summed E-state index contributed by atoms with van der Waals surface area (Å²) in [6, 6.07) is 9.69. The molecule has 0 aliphatic carbocycles. The van der Waals surface area contributed by atoms with E-state index in [-0.39, 0.29) is 0 Å². The smallest absolute Gasteiger partial charge is 0.141 e. The highest BCUT2D eigenvalue weighted by Gasteiger charge is 2.04. The number of hydrogen-bond donors (Lipinski definition) is 0. The van der Waals surface area contributed by atoms with Crippen molar-refractivity contribution >= 4 is 64.3 Å². The van der Waals surface area contributed by atoms with Gasteiger partial charge in [-0.1, -0.05) is 36.0 Å². The Morgan fingerprint density at radius 3 is 1.64 bits per heavy atom. The summed E-state index contributed by atoms with van der Waals surface area (Å²) < 4.78 is 0. The van der Waals surface area contributed by atoms with Crippen molar-refractivity contribution < 1.29 is 0 Å². The third kappa shape index (κ3) is 7.91. The van der Waals surface area contributed by atoms with Crippen LogP contribution in [0.1, 0.15) is 0 Å². The molecule has 0 atom stereocenters. The van der Waals surface area contributed by atoms with Crippen LogP contribution in [0.15, 0.2) is 42.6 Å². The largest absolute Gasteiger partial charge is 0.307 e. The van der Waals surface area contributed by atoms with E-state index in [1.807, 2.05) is 30.3 Å². The predicted octanol–water partition coefficient (Wildman–Crippen LogP) is 3.54. The van der Waals surface area contributed by atoms with E-state index in [0.717, 1.165) is 5.19 Å². The quantitative estimate of drug-likeness (QED) is 0.579. The van der Waals surface area contributed by atoms with Gasteiger partial charge in [-0.3, -0.25) is 0 Å². The molecule has 0 aromatic heterocycles. The summed E-state index contributed by atoms with van der Waals surface area (Å²) >= 11 is 21.8.